The summed E-state index contributed by atoms with van der Waals surface area (Å²) in [6, 6.07) is 5.71. The molecule has 0 bridgehead atoms. The minimum absolute atomic E-state index is 0.379. The van der Waals surface area contributed by atoms with Crippen LogP contribution in [-0.2, 0) is 8.28 Å². The zero-order valence-electron chi connectivity index (χ0n) is 11.0. The van der Waals surface area contributed by atoms with Gasteiger partial charge in [-0.3, -0.25) is 0 Å². The third kappa shape index (κ3) is 4.94. The van der Waals surface area contributed by atoms with E-state index in [1.165, 1.54) is 18.2 Å². The van der Waals surface area contributed by atoms with Crippen molar-refractivity contribution in [3.63, 3.8) is 0 Å². The second kappa shape index (κ2) is 6.04. The summed E-state index contributed by atoms with van der Waals surface area (Å²) in [5.74, 6) is -0.432. The van der Waals surface area contributed by atoms with E-state index in [9.17, 15) is 14.3 Å². The summed E-state index contributed by atoms with van der Waals surface area (Å²) in [6.45, 7) is 4.84. The zero-order valence-corrected chi connectivity index (χ0v) is 13.2. The van der Waals surface area contributed by atoms with Crippen LogP contribution in [0.1, 0.15) is 26.3 Å². The number of aliphatic hydroxyl groups is 1. The second-order valence-corrected chi connectivity index (χ2v) is 6.94. The molecule has 1 aromatic carbocycles. The third-order valence-electron chi connectivity index (χ3n) is 2.20. The molecule has 2 N–H and O–H groups in total. The fourth-order valence-electron chi connectivity index (χ4n) is 1.40. The van der Waals surface area contributed by atoms with Crippen LogP contribution in [0.3, 0.4) is 0 Å². The average Bonchev–Trinajstić information content (AvgIpc) is 2.26. The second-order valence-electron chi connectivity index (χ2n) is 5.10. The molecule has 0 saturated heterocycles. The Morgan fingerprint density at radius 1 is 1.47 bits per heavy atom. The molecule has 0 aromatic heterocycles. The lowest BCUT2D eigenvalue weighted by atomic mass is 10.1. The summed E-state index contributed by atoms with van der Waals surface area (Å²) in [6.07, 6.45) is -0.666. The highest BCUT2D eigenvalue weighted by Crippen LogP contribution is 2.29. The SMILES string of the molecule is CC(C)(C)OC(=O)N[C@@](I)(CO)c1cccc(F)c1. The van der Waals surface area contributed by atoms with Gasteiger partial charge in [0.1, 0.15) is 15.0 Å². The molecule has 0 unspecified atom stereocenters. The third-order valence-corrected chi connectivity index (χ3v) is 3.43. The van der Waals surface area contributed by atoms with Gasteiger partial charge in [-0.1, -0.05) is 12.1 Å². The summed E-state index contributed by atoms with van der Waals surface area (Å²) >= 11 is 1.86. The fraction of sp³-hybridized carbons (Fsp3) is 0.462. The standard InChI is InChI=1S/C13H17FINO3/c1-12(2,3)19-11(18)16-13(15,8-17)9-5-4-6-10(14)7-9/h4-7,17H,8H2,1-3H3,(H,16,18)/t13-/m0/s1. The number of hydrogen-bond donors (Lipinski definition) is 2. The van der Waals surface area contributed by atoms with Crippen molar-refractivity contribution in [2.24, 2.45) is 0 Å². The van der Waals surface area contributed by atoms with Crippen molar-refractivity contribution in [2.45, 2.75) is 29.9 Å². The Morgan fingerprint density at radius 2 is 2.11 bits per heavy atom. The molecule has 0 aliphatic rings. The van der Waals surface area contributed by atoms with Crippen molar-refractivity contribution in [1.82, 2.24) is 5.32 Å². The number of carbonyl (C=O) groups is 1. The number of alkyl halides is 1. The lowest BCUT2D eigenvalue weighted by Gasteiger charge is -2.29. The Bertz CT molecular complexity index is 461. The number of benzene rings is 1. The summed E-state index contributed by atoms with van der Waals surface area (Å²) in [5, 5.41) is 12.0. The predicted octanol–water partition coefficient (Wildman–Crippen LogP) is 2.93. The highest BCUT2D eigenvalue weighted by molar-refractivity contribution is 14.1. The molecule has 0 aliphatic carbocycles. The molecule has 0 spiro atoms. The summed E-state index contributed by atoms with van der Waals surface area (Å²) < 4.78 is 17.2. The first kappa shape index (κ1) is 16.2. The van der Waals surface area contributed by atoms with Gasteiger partial charge in [0, 0.05) is 0 Å². The summed E-state index contributed by atoms with van der Waals surface area (Å²) in [4.78, 5) is 11.7. The number of nitrogens with one attached hydrogen (secondary N) is 1. The van der Waals surface area contributed by atoms with Gasteiger partial charge in [-0.05, 0) is 61.1 Å². The molecule has 1 atom stereocenters. The van der Waals surface area contributed by atoms with Gasteiger partial charge < -0.3 is 15.2 Å². The van der Waals surface area contributed by atoms with Crippen molar-refractivity contribution in [3.8, 4) is 0 Å². The zero-order chi connectivity index (χ0) is 14.7. The van der Waals surface area contributed by atoms with Crippen LogP contribution in [0.2, 0.25) is 0 Å². The van der Waals surface area contributed by atoms with Crippen LogP contribution in [0.5, 0.6) is 0 Å². The molecule has 4 nitrogen and oxygen atoms in total. The number of amides is 1. The minimum Gasteiger partial charge on any atom is -0.444 e. The van der Waals surface area contributed by atoms with Gasteiger partial charge in [0.25, 0.3) is 0 Å². The molecular weight excluding hydrogens is 364 g/mol. The quantitative estimate of drug-likeness (QED) is 0.481. The number of halogens is 2. The number of carbonyl (C=O) groups excluding carboxylic acids is 1. The van der Waals surface area contributed by atoms with Crippen LogP contribution in [0, 0.1) is 5.82 Å². The fourth-order valence-corrected chi connectivity index (χ4v) is 1.96. The van der Waals surface area contributed by atoms with Crippen molar-refractivity contribution in [3.05, 3.63) is 35.6 Å². The molecule has 0 heterocycles. The van der Waals surface area contributed by atoms with Crippen LogP contribution in [0.4, 0.5) is 9.18 Å². The van der Waals surface area contributed by atoms with Crippen LogP contribution < -0.4 is 5.32 Å². The highest BCUT2D eigenvalue weighted by atomic mass is 127. The normalized spacial score (nSPS) is 14.6. The van der Waals surface area contributed by atoms with Gasteiger partial charge in [-0.25, -0.2) is 9.18 Å². The number of aliphatic hydroxyl groups excluding tert-OH is 1. The van der Waals surface area contributed by atoms with Crippen molar-refractivity contribution in [1.29, 1.82) is 0 Å². The summed E-state index contributed by atoms with van der Waals surface area (Å²) in [5.41, 5.74) is -0.180. The number of rotatable bonds is 3. The number of alkyl carbamates (subject to hydrolysis) is 1. The van der Waals surface area contributed by atoms with Crippen molar-refractivity contribution < 1.29 is 19.0 Å². The monoisotopic (exact) mass is 381 g/mol. The molecule has 1 rings (SSSR count). The maximum Gasteiger partial charge on any atom is 0.409 e. The predicted molar refractivity (Wildman–Crippen MR) is 78.6 cm³/mol. The largest absolute Gasteiger partial charge is 0.444 e. The Morgan fingerprint density at radius 3 is 2.58 bits per heavy atom. The van der Waals surface area contributed by atoms with Gasteiger partial charge in [0.2, 0.25) is 0 Å². The Kier molecular flexibility index (Phi) is 5.14. The highest BCUT2D eigenvalue weighted by Gasteiger charge is 2.32. The van der Waals surface area contributed by atoms with E-state index < -0.39 is 21.1 Å². The van der Waals surface area contributed by atoms with Crippen molar-refractivity contribution >= 4 is 28.7 Å². The molecule has 106 valence electrons. The van der Waals surface area contributed by atoms with Gasteiger partial charge >= 0.3 is 6.09 Å². The first-order valence-corrected chi connectivity index (χ1v) is 6.81. The van der Waals surface area contributed by atoms with E-state index in [1.807, 2.05) is 22.6 Å². The van der Waals surface area contributed by atoms with E-state index in [0.717, 1.165) is 0 Å². The molecule has 0 aliphatic heterocycles. The smallest absolute Gasteiger partial charge is 0.409 e. The molecule has 6 heteroatoms. The average molecular weight is 381 g/mol. The van der Waals surface area contributed by atoms with Crippen LogP contribution in [0.15, 0.2) is 24.3 Å². The van der Waals surface area contributed by atoms with E-state index in [4.69, 9.17) is 4.74 Å². The maximum absolute atomic E-state index is 13.2. The van der Waals surface area contributed by atoms with E-state index in [2.05, 4.69) is 5.32 Å². The van der Waals surface area contributed by atoms with Crippen LogP contribution in [-0.4, -0.2) is 23.4 Å². The van der Waals surface area contributed by atoms with Crippen LogP contribution in [0.25, 0.3) is 0 Å². The molecular formula is C13H17FINO3. The Hall–Kier alpha value is -0.890. The van der Waals surface area contributed by atoms with E-state index in [-0.39, 0.29) is 6.61 Å². The van der Waals surface area contributed by atoms with Gasteiger partial charge in [0.05, 0.1) is 6.61 Å². The minimum atomic E-state index is -1.12. The van der Waals surface area contributed by atoms with E-state index >= 15 is 0 Å². The number of hydrogen-bond acceptors (Lipinski definition) is 3. The molecule has 0 saturated carbocycles. The number of ether oxygens (including phenoxy) is 1. The molecule has 1 amide bonds. The van der Waals surface area contributed by atoms with Gasteiger partial charge in [-0.2, -0.15) is 0 Å². The molecule has 0 radical (unpaired) electrons. The van der Waals surface area contributed by atoms with Gasteiger partial charge in [0.15, 0.2) is 0 Å². The Labute approximate surface area is 125 Å². The lowest BCUT2D eigenvalue weighted by Crippen LogP contribution is -2.46. The van der Waals surface area contributed by atoms with E-state index in [1.54, 1.807) is 26.8 Å². The van der Waals surface area contributed by atoms with Gasteiger partial charge in [-0.15, -0.1) is 0 Å². The lowest BCUT2D eigenvalue weighted by molar-refractivity contribution is 0.0473. The molecule has 0 fully saturated rings. The van der Waals surface area contributed by atoms with E-state index in [0.29, 0.717) is 5.56 Å². The first-order valence-electron chi connectivity index (χ1n) is 5.73. The van der Waals surface area contributed by atoms with Crippen LogP contribution >= 0.6 is 22.6 Å². The summed E-state index contributed by atoms with van der Waals surface area (Å²) in [7, 11) is 0. The first-order chi connectivity index (χ1) is 8.66. The Balaban J connectivity index is 2.90. The molecule has 1 aromatic rings. The van der Waals surface area contributed by atoms with Crippen molar-refractivity contribution in [2.75, 3.05) is 6.61 Å². The molecule has 19 heavy (non-hydrogen) atoms. The maximum atomic E-state index is 13.2. The topological polar surface area (TPSA) is 58.6 Å².